The monoisotopic (exact) mass is 666 g/mol. The van der Waals surface area contributed by atoms with E-state index in [1.54, 1.807) is 0 Å². The van der Waals surface area contributed by atoms with Crippen molar-refractivity contribution >= 4 is 75.1 Å². The second-order valence-corrected chi connectivity index (χ2v) is 14.4. The number of benzene rings is 8. The highest BCUT2D eigenvalue weighted by molar-refractivity contribution is 7.26. The maximum atomic E-state index is 2.48. The molecule has 0 N–H and O–H groups in total. The Labute approximate surface area is 298 Å². The van der Waals surface area contributed by atoms with Crippen LogP contribution < -0.4 is 0 Å². The van der Waals surface area contributed by atoms with Gasteiger partial charge in [0.1, 0.15) is 0 Å². The minimum Gasteiger partial charge on any atom is -0.309 e. The molecule has 3 heteroatoms. The molecule has 0 bridgehead atoms. The lowest BCUT2D eigenvalue weighted by molar-refractivity contribution is 1.18. The van der Waals surface area contributed by atoms with Gasteiger partial charge in [0.05, 0.1) is 26.8 Å². The number of thiophene rings is 1. The summed E-state index contributed by atoms with van der Waals surface area (Å²) >= 11 is 1.89. The summed E-state index contributed by atoms with van der Waals surface area (Å²) in [5.74, 6) is 0. The molecular formula is C48H30N2S. The smallest absolute Gasteiger partial charge is 0.0719 e. The second kappa shape index (κ2) is 11.0. The van der Waals surface area contributed by atoms with Gasteiger partial charge in [0, 0.05) is 48.4 Å². The van der Waals surface area contributed by atoms with Crippen molar-refractivity contribution in [1.82, 2.24) is 9.13 Å². The van der Waals surface area contributed by atoms with E-state index < -0.39 is 0 Å². The topological polar surface area (TPSA) is 9.86 Å². The number of hydrogen-bond acceptors (Lipinski definition) is 1. The van der Waals surface area contributed by atoms with E-state index in [1.807, 2.05) is 11.3 Å². The van der Waals surface area contributed by atoms with Gasteiger partial charge < -0.3 is 9.13 Å². The lowest BCUT2D eigenvalue weighted by Gasteiger charge is -2.12. The number of rotatable bonds is 4. The van der Waals surface area contributed by atoms with Gasteiger partial charge in [0.15, 0.2) is 0 Å². The van der Waals surface area contributed by atoms with Crippen molar-refractivity contribution in [2.24, 2.45) is 0 Å². The Kier molecular flexibility index (Phi) is 6.16. The van der Waals surface area contributed by atoms with Crippen molar-refractivity contribution in [1.29, 1.82) is 0 Å². The van der Waals surface area contributed by atoms with Gasteiger partial charge in [0.25, 0.3) is 0 Å². The Bertz CT molecular complexity index is 3140. The molecule has 51 heavy (non-hydrogen) atoms. The normalized spacial score (nSPS) is 11.9. The summed E-state index contributed by atoms with van der Waals surface area (Å²) in [4.78, 5) is 0. The third kappa shape index (κ3) is 4.29. The summed E-state index contributed by atoms with van der Waals surface area (Å²) in [5.41, 5.74) is 12.1. The third-order valence-electron chi connectivity index (χ3n) is 10.5. The number of aromatic nitrogens is 2. The lowest BCUT2D eigenvalue weighted by Crippen LogP contribution is -1.94. The van der Waals surface area contributed by atoms with Crippen molar-refractivity contribution in [2.45, 2.75) is 0 Å². The van der Waals surface area contributed by atoms with E-state index >= 15 is 0 Å². The van der Waals surface area contributed by atoms with Crippen LogP contribution in [0, 0.1) is 0 Å². The van der Waals surface area contributed by atoms with Gasteiger partial charge in [-0.2, -0.15) is 0 Å². The van der Waals surface area contributed by atoms with Crippen molar-refractivity contribution in [2.75, 3.05) is 0 Å². The van der Waals surface area contributed by atoms with Crippen LogP contribution in [0.25, 0.3) is 97.4 Å². The zero-order chi connectivity index (χ0) is 33.5. The fraction of sp³-hybridized carbons (Fsp3) is 0. The molecule has 3 aromatic heterocycles. The summed E-state index contributed by atoms with van der Waals surface area (Å²) in [6.45, 7) is 0. The number of fused-ring (bicyclic) bond motifs is 10. The Morgan fingerprint density at radius 2 is 0.882 bits per heavy atom. The van der Waals surface area contributed by atoms with E-state index in [0.717, 1.165) is 0 Å². The van der Waals surface area contributed by atoms with Gasteiger partial charge in [-0.25, -0.2) is 0 Å². The standard InChI is InChI=1S/C48H30N2S/c1-2-15-35(16-3-1)49-43-21-7-5-19-38(43)42-30-34(24-27-45(42)49)32-13-10-12-31(28-32)33-14-11-17-36(29-33)50-44-22-8-4-18-37(44)40-25-26-41-39-20-6-9-23-46(39)51-48(41)47(40)50/h1-30H. The molecular weight excluding hydrogens is 637 g/mol. The number of para-hydroxylation sites is 3. The fourth-order valence-electron chi connectivity index (χ4n) is 8.21. The van der Waals surface area contributed by atoms with E-state index in [1.165, 1.54) is 97.4 Å². The molecule has 0 amide bonds. The Balaban J connectivity index is 1.06. The van der Waals surface area contributed by atoms with Crippen molar-refractivity contribution in [3.63, 3.8) is 0 Å². The molecule has 0 saturated heterocycles. The molecule has 0 saturated carbocycles. The van der Waals surface area contributed by atoms with Crippen LogP contribution in [0.3, 0.4) is 0 Å². The van der Waals surface area contributed by atoms with Gasteiger partial charge in [-0.05, 0) is 82.9 Å². The van der Waals surface area contributed by atoms with E-state index in [2.05, 4.69) is 191 Å². The highest BCUT2D eigenvalue weighted by Crippen LogP contribution is 2.43. The molecule has 0 aliphatic heterocycles. The van der Waals surface area contributed by atoms with Crippen LogP contribution in [0.2, 0.25) is 0 Å². The molecule has 11 rings (SSSR count). The summed E-state index contributed by atoms with van der Waals surface area (Å²) < 4.78 is 7.51. The first-order chi connectivity index (χ1) is 25.3. The SMILES string of the molecule is c1ccc(-n2c3ccccc3c3cc(-c4cccc(-c5cccc(-n6c7ccccc7c7ccc8c9ccccc9sc8c76)c5)c4)ccc32)cc1. The largest absolute Gasteiger partial charge is 0.309 e. The molecule has 2 nitrogen and oxygen atoms in total. The predicted molar refractivity (Wildman–Crippen MR) is 219 cm³/mol. The highest BCUT2D eigenvalue weighted by Gasteiger charge is 2.18. The molecule has 11 aromatic rings. The average molecular weight is 667 g/mol. The van der Waals surface area contributed by atoms with Crippen LogP contribution in [0.5, 0.6) is 0 Å². The van der Waals surface area contributed by atoms with Crippen LogP contribution in [-0.2, 0) is 0 Å². The lowest BCUT2D eigenvalue weighted by atomic mass is 9.97. The molecule has 8 aromatic carbocycles. The third-order valence-corrected chi connectivity index (χ3v) is 11.7. The molecule has 0 radical (unpaired) electrons. The maximum absolute atomic E-state index is 2.48. The van der Waals surface area contributed by atoms with Crippen LogP contribution in [0.1, 0.15) is 0 Å². The predicted octanol–water partition coefficient (Wildman–Crippen LogP) is 13.6. The first-order valence-corrected chi connectivity index (χ1v) is 18.3. The molecule has 0 unspecified atom stereocenters. The zero-order valence-electron chi connectivity index (χ0n) is 27.6. The van der Waals surface area contributed by atoms with E-state index in [4.69, 9.17) is 0 Å². The van der Waals surface area contributed by atoms with Gasteiger partial charge >= 0.3 is 0 Å². The average Bonchev–Trinajstić information content (AvgIpc) is 3.86. The van der Waals surface area contributed by atoms with E-state index in [-0.39, 0.29) is 0 Å². The maximum Gasteiger partial charge on any atom is 0.0719 e. The van der Waals surface area contributed by atoms with Gasteiger partial charge in [-0.15, -0.1) is 11.3 Å². The summed E-state index contributed by atoms with van der Waals surface area (Å²) in [6.07, 6.45) is 0. The first kappa shape index (κ1) is 28.4. The molecule has 0 aliphatic carbocycles. The summed E-state index contributed by atoms with van der Waals surface area (Å²) in [7, 11) is 0. The molecule has 0 atom stereocenters. The minimum atomic E-state index is 1.17. The first-order valence-electron chi connectivity index (χ1n) is 17.4. The van der Waals surface area contributed by atoms with Crippen LogP contribution in [0.15, 0.2) is 182 Å². The summed E-state index contributed by atoms with van der Waals surface area (Å²) in [5, 5.41) is 7.74. The van der Waals surface area contributed by atoms with Crippen molar-refractivity contribution in [3.05, 3.63) is 182 Å². The Morgan fingerprint density at radius 1 is 0.314 bits per heavy atom. The molecule has 0 fully saturated rings. The quantitative estimate of drug-likeness (QED) is 0.177. The van der Waals surface area contributed by atoms with E-state index in [0.29, 0.717) is 0 Å². The zero-order valence-corrected chi connectivity index (χ0v) is 28.4. The van der Waals surface area contributed by atoms with Crippen LogP contribution in [0.4, 0.5) is 0 Å². The van der Waals surface area contributed by atoms with Gasteiger partial charge in [0.2, 0.25) is 0 Å². The van der Waals surface area contributed by atoms with Crippen molar-refractivity contribution in [3.8, 4) is 33.6 Å². The Hall–Kier alpha value is -6.42. The van der Waals surface area contributed by atoms with Crippen molar-refractivity contribution < 1.29 is 0 Å². The second-order valence-electron chi connectivity index (χ2n) is 13.3. The molecule has 0 aliphatic rings. The Morgan fingerprint density at radius 3 is 1.69 bits per heavy atom. The number of hydrogen-bond donors (Lipinski definition) is 0. The summed E-state index contributed by atoms with van der Waals surface area (Å²) in [6, 6.07) is 66.6. The van der Waals surface area contributed by atoms with Gasteiger partial charge in [-0.1, -0.05) is 121 Å². The number of nitrogens with zero attached hydrogens (tertiary/aromatic N) is 2. The van der Waals surface area contributed by atoms with Crippen LogP contribution >= 0.6 is 11.3 Å². The molecule has 238 valence electrons. The highest BCUT2D eigenvalue weighted by atomic mass is 32.1. The molecule has 0 spiro atoms. The molecule has 3 heterocycles. The fourth-order valence-corrected chi connectivity index (χ4v) is 9.45. The minimum absolute atomic E-state index is 1.17. The van der Waals surface area contributed by atoms with Gasteiger partial charge in [-0.3, -0.25) is 0 Å². The van der Waals surface area contributed by atoms with E-state index in [9.17, 15) is 0 Å². The van der Waals surface area contributed by atoms with Crippen LogP contribution in [-0.4, -0.2) is 9.13 Å².